The summed E-state index contributed by atoms with van der Waals surface area (Å²) in [5.41, 5.74) is 0.538. The van der Waals surface area contributed by atoms with Crippen LogP contribution in [0, 0.1) is 5.41 Å². The molecule has 1 fully saturated rings. The molecule has 0 radical (unpaired) electrons. The Morgan fingerprint density at radius 1 is 1.33 bits per heavy atom. The van der Waals surface area contributed by atoms with Crippen molar-refractivity contribution in [1.29, 1.82) is 0 Å². The Morgan fingerprint density at radius 3 is 2.40 bits per heavy atom. The first-order valence-electron chi connectivity index (χ1n) is 6.08. The van der Waals surface area contributed by atoms with Gasteiger partial charge in [0.25, 0.3) is 0 Å². The van der Waals surface area contributed by atoms with Crippen LogP contribution in [0.4, 0.5) is 0 Å². The first-order valence-corrected chi connectivity index (χ1v) is 6.08. The van der Waals surface area contributed by atoms with Gasteiger partial charge in [0.2, 0.25) is 0 Å². The van der Waals surface area contributed by atoms with E-state index in [0.717, 1.165) is 13.0 Å². The maximum Gasteiger partial charge on any atom is 0.0585 e. The largest absolute Gasteiger partial charge is 0.395 e. The summed E-state index contributed by atoms with van der Waals surface area (Å²) in [5.74, 6) is 0. The van der Waals surface area contributed by atoms with Crippen molar-refractivity contribution in [2.24, 2.45) is 5.41 Å². The minimum absolute atomic E-state index is 0.246. The molecular formula is C12H26N2O. The Balaban J connectivity index is 2.18. The molecule has 1 atom stereocenters. The van der Waals surface area contributed by atoms with Gasteiger partial charge in [0, 0.05) is 6.04 Å². The van der Waals surface area contributed by atoms with E-state index in [9.17, 15) is 0 Å². The smallest absolute Gasteiger partial charge is 0.0585 e. The standard InChI is InChI=1S/C12H26N2O/c1-12(2)5-8-14(9-6-12)7-4-11(10-15)13-3/h11,13,15H,4-10H2,1-3H3. The van der Waals surface area contributed by atoms with Crippen molar-refractivity contribution >= 4 is 0 Å². The summed E-state index contributed by atoms with van der Waals surface area (Å²) in [5, 5.41) is 12.2. The normalized spacial score (nSPS) is 24.0. The molecule has 0 aromatic heterocycles. The molecule has 2 N–H and O–H groups in total. The monoisotopic (exact) mass is 214 g/mol. The molecule has 0 aliphatic carbocycles. The molecule has 15 heavy (non-hydrogen) atoms. The molecule has 1 rings (SSSR count). The minimum atomic E-state index is 0.246. The first kappa shape index (κ1) is 12.9. The van der Waals surface area contributed by atoms with Crippen LogP contribution < -0.4 is 5.32 Å². The fourth-order valence-electron chi connectivity index (χ4n) is 2.05. The number of likely N-dealkylation sites (tertiary alicyclic amines) is 1. The second kappa shape index (κ2) is 5.83. The third-order valence-corrected chi connectivity index (χ3v) is 3.63. The first-order chi connectivity index (χ1) is 7.07. The molecular weight excluding hydrogens is 188 g/mol. The van der Waals surface area contributed by atoms with Gasteiger partial charge in [0.15, 0.2) is 0 Å². The van der Waals surface area contributed by atoms with Gasteiger partial charge in [0.05, 0.1) is 6.61 Å². The van der Waals surface area contributed by atoms with Crippen molar-refractivity contribution in [2.45, 2.75) is 39.2 Å². The van der Waals surface area contributed by atoms with Crippen molar-refractivity contribution in [1.82, 2.24) is 10.2 Å². The average Bonchev–Trinajstić information content (AvgIpc) is 2.21. The van der Waals surface area contributed by atoms with Gasteiger partial charge in [-0.2, -0.15) is 0 Å². The van der Waals surface area contributed by atoms with E-state index in [4.69, 9.17) is 5.11 Å². The van der Waals surface area contributed by atoms with E-state index < -0.39 is 0 Å². The molecule has 3 nitrogen and oxygen atoms in total. The number of piperidine rings is 1. The zero-order valence-electron chi connectivity index (χ0n) is 10.4. The molecule has 0 saturated carbocycles. The summed E-state index contributed by atoms with van der Waals surface area (Å²) in [6.07, 6.45) is 3.65. The molecule has 1 aliphatic heterocycles. The molecule has 1 saturated heterocycles. The summed E-state index contributed by atoms with van der Waals surface area (Å²) in [4.78, 5) is 2.52. The fraction of sp³-hybridized carbons (Fsp3) is 1.00. The van der Waals surface area contributed by atoms with Gasteiger partial charge in [-0.15, -0.1) is 0 Å². The Kier molecular flexibility index (Phi) is 5.03. The predicted molar refractivity (Wildman–Crippen MR) is 64.0 cm³/mol. The van der Waals surface area contributed by atoms with Crippen molar-refractivity contribution < 1.29 is 5.11 Å². The minimum Gasteiger partial charge on any atom is -0.395 e. The Labute approximate surface area is 93.9 Å². The summed E-state index contributed by atoms with van der Waals surface area (Å²) in [6.45, 7) is 8.50. The lowest BCUT2D eigenvalue weighted by Crippen LogP contribution is -2.40. The van der Waals surface area contributed by atoms with Gasteiger partial charge in [-0.25, -0.2) is 0 Å². The summed E-state index contributed by atoms with van der Waals surface area (Å²) in [7, 11) is 1.92. The molecule has 0 spiro atoms. The van der Waals surface area contributed by atoms with Crippen LogP contribution in [0.1, 0.15) is 33.1 Å². The van der Waals surface area contributed by atoms with Crippen molar-refractivity contribution in [3.8, 4) is 0 Å². The van der Waals surface area contributed by atoms with Crippen LogP contribution >= 0.6 is 0 Å². The number of rotatable bonds is 5. The Morgan fingerprint density at radius 2 is 1.93 bits per heavy atom. The summed E-state index contributed by atoms with van der Waals surface area (Å²) < 4.78 is 0. The molecule has 3 heteroatoms. The topological polar surface area (TPSA) is 35.5 Å². The van der Waals surface area contributed by atoms with E-state index in [1.165, 1.54) is 25.9 Å². The zero-order valence-corrected chi connectivity index (χ0v) is 10.4. The van der Waals surface area contributed by atoms with Gasteiger partial charge < -0.3 is 15.3 Å². The Hall–Kier alpha value is -0.120. The van der Waals surface area contributed by atoms with E-state index in [2.05, 4.69) is 24.1 Å². The second-order valence-electron chi connectivity index (χ2n) is 5.46. The molecule has 0 amide bonds. The number of likely N-dealkylation sites (N-methyl/N-ethyl adjacent to an activating group) is 1. The molecule has 1 aliphatic rings. The lowest BCUT2D eigenvalue weighted by molar-refractivity contribution is 0.124. The third kappa shape index (κ3) is 4.49. The predicted octanol–water partition coefficient (Wildman–Crippen LogP) is 1.08. The second-order valence-corrected chi connectivity index (χ2v) is 5.46. The number of aliphatic hydroxyl groups is 1. The highest BCUT2D eigenvalue weighted by molar-refractivity contribution is 4.79. The third-order valence-electron chi connectivity index (χ3n) is 3.63. The van der Waals surface area contributed by atoms with Gasteiger partial charge in [0.1, 0.15) is 0 Å². The van der Waals surface area contributed by atoms with Crippen molar-refractivity contribution in [2.75, 3.05) is 33.3 Å². The van der Waals surface area contributed by atoms with Crippen molar-refractivity contribution in [3.05, 3.63) is 0 Å². The lowest BCUT2D eigenvalue weighted by atomic mass is 9.82. The zero-order chi connectivity index (χ0) is 11.3. The molecule has 0 aromatic rings. The summed E-state index contributed by atoms with van der Waals surface area (Å²) >= 11 is 0. The van der Waals surface area contributed by atoms with E-state index in [0.29, 0.717) is 5.41 Å². The Bertz CT molecular complexity index is 168. The molecule has 1 unspecified atom stereocenters. The van der Waals surface area contributed by atoms with E-state index in [1.54, 1.807) is 0 Å². The number of aliphatic hydroxyl groups excluding tert-OH is 1. The van der Waals surface area contributed by atoms with Gasteiger partial charge in [-0.1, -0.05) is 13.8 Å². The van der Waals surface area contributed by atoms with Crippen LogP contribution in [-0.4, -0.2) is 49.3 Å². The van der Waals surface area contributed by atoms with E-state index in [1.807, 2.05) is 7.05 Å². The van der Waals surface area contributed by atoms with Crippen LogP contribution in [0.5, 0.6) is 0 Å². The van der Waals surface area contributed by atoms with Crippen LogP contribution in [-0.2, 0) is 0 Å². The van der Waals surface area contributed by atoms with E-state index in [-0.39, 0.29) is 12.6 Å². The lowest BCUT2D eigenvalue weighted by Gasteiger charge is -2.37. The van der Waals surface area contributed by atoms with Gasteiger partial charge >= 0.3 is 0 Å². The number of nitrogens with one attached hydrogen (secondary N) is 1. The maximum atomic E-state index is 9.06. The van der Waals surface area contributed by atoms with Crippen LogP contribution in [0.15, 0.2) is 0 Å². The van der Waals surface area contributed by atoms with Crippen molar-refractivity contribution in [3.63, 3.8) is 0 Å². The fourth-order valence-corrected chi connectivity index (χ4v) is 2.05. The van der Waals surface area contributed by atoms with Crippen LogP contribution in [0.25, 0.3) is 0 Å². The summed E-state index contributed by atoms with van der Waals surface area (Å²) in [6, 6.07) is 0.264. The molecule has 1 heterocycles. The molecule has 0 aromatic carbocycles. The van der Waals surface area contributed by atoms with Gasteiger partial charge in [-0.05, 0) is 51.4 Å². The SMILES string of the molecule is CNC(CO)CCN1CCC(C)(C)CC1. The highest BCUT2D eigenvalue weighted by Crippen LogP contribution is 2.29. The maximum absolute atomic E-state index is 9.06. The van der Waals surface area contributed by atoms with Gasteiger partial charge in [-0.3, -0.25) is 0 Å². The molecule has 90 valence electrons. The molecule has 0 bridgehead atoms. The number of nitrogens with zero attached hydrogens (tertiary/aromatic N) is 1. The number of hydrogen-bond donors (Lipinski definition) is 2. The highest BCUT2D eigenvalue weighted by Gasteiger charge is 2.25. The average molecular weight is 214 g/mol. The van der Waals surface area contributed by atoms with Crippen LogP contribution in [0.2, 0.25) is 0 Å². The highest BCUT2D eigenvalue weighted by atomic mass is 16.3. The van der Waals surface area contributed by atoms with E-state index >= 15 is 0 Å². The number of hydrogen-bond acceptors (Lipinski definition) is 3. The van der Waals surface area contributed by atoms with Crippen LogP contribution in [0.3, 0.4) is 0 Å². The quantitative estimate of drug-likeness (QED) is 0.719.